The third kappa shape index (κ3) is 4.25. The molecule has 0 bridgehead atoms. The van der Waals surface area contributed by atoms with Crippen molar-refractivity contribution in [2.45, 2.75) is 44.6 Å². The van der Waals surface area contributed by atoms with Gasteiger partial charge < -0.3 is 11.1 Å². The highest BCUT2D eigenvalue weighted by atomic mass is 19.1. The summed E-state index contributed by atoms with van der Waals surface area (Å²) in [6, 6.07) is 9.19. The molecule has 1 fully saturated rings. The molecule has 6 heteroatoms. The molecular weight excluding hydrogens is 333 g/mol. The monoisotopic (exact) mass is 355 g/mol. The first-order chi connectivity index (χ1) is 12.5. The van der Waals surface area contributed by atoms with Crippen LogP contribution in [0.15, 0.2) is 36.4 Å². The molecule has 0 spiro atoms. The molecule has 1 aliphatic rings. The lowest BCUT2D eigenvalue weighted by Gasteiger charge is -2.14. The van der Waals surface area contributed by atoms with Crippen LogP contribution in [-0.2, 0) is 11.2 Å². The largest absolute Gasteiger partial charge is 0.368 e. The fraction of sp³-hybridized carbons (Fsp3) is 0.350. The molecule has 1 saturated carbocycles. The molecule has 0 aliphatic heterocycles. The lowest BCUT2D eigenvalue weighted by Crippen LogP contribution is -2.44. The van der Waals surface area contributed by atoms with Crippen LogP contribution >= 0.6 is 0 Å². The summed E-state index contributed by atoms with van der Waals surface area (Å²) in [4.78, 5) is 28.3. The van der Waals surface area contributed by atoms with Gasteiger partial charge in [0.15, 0.2) is 0 Å². The van der Waals surface area contributed by atoms with Gasteiger partial charge >= 0.3 is 0 Å². The van der Waals surface area contributed by atoms with Gasteiger partial charge in [0.05, 0.1) is 0 Å². The predicted octanol–water partition coefficient (Wildman–Crippen LogP) is 2.68. The second-order valence-corrected chi connectivity index (χ2v) is 6.65. The molecule has 0 radical (unpaired) electrons. The van der Waals surface area contributed by atoms with Crippen molar-refractivity contribution in [3.63, 3.8) is 0 Å². The van der Waals surface area contributed by atoms with Gasteiger partial charge in [-0.25, -0.2) is 9.37 Å². The molecule has 1 heterocycles. The fourth-order valence-corrected chi connectivity index (χ4v) is 2.95. The van der Waals surface area contributed by atoms with E-state index < -0.39 is 17.9 Å². The quantitative estimate of drug-likeness (QED) is 0.801. The summed E-state index contributed by atoms with van der Waals surface area (Å²) in [6.07, 6.45) is 3.18. The number of amides is 2. The molecule has 3 N–H and O–H groups in total. The van der Waals surface area contributed by atoms with Crippen molar-refractivity contribution >= 4 is 11.8 Å². The van der Waals surface area contributed by atoms with Crippen LogP contribution in [0.3, 0.4) is 0 Å². The van der Waals surface area contributed by atoms with Crippen LogP contribution in [0.5, 0.6) is 0 Å². The Bertz CT molecular complexity index is 816. The molecule has 1 atom stereocenters. The van der Waals surface area contributed by atoms with Gasteiger partial charge in [-0.15, -0.1) is 0 Å². The lowest BCUT2D eigenvalue weighted by molar-refractivity contribution is -0.119. The minimum Gasteiger partial charge on any atom is -0.368 e. The van der Waals surface area contributed by atoms with Gasteiger partial charge in [-0.05, 0) is 54.5 Å². The van der Waals surface area contributed by atoms with E-state index in [-0.39, 0.29) is 11.5 Å². The molecule has 1 aromatic heterocycles. The zero-order valence-corrected chi connectivity index (χ0v) is 14.7. The average Bonchev–Trinajstić information content (AvgIpc) is 3.46. The molecule has 2 amide bonds. The number of benzene rings is 1. The van der Waals surface area contributed by atoms with Crippen molar-refractivity contribution in [1.29, 1.82) is 0 Å². The first kappa shape index (κ1) is 18.0. The Morgan fingerprint density at radius 2 is 1.92 bits per heavy atom. The summed E-state index contributed by atoms with van der Waals surface area (Å²) in [6.45, 7) is 1.78. The third-order valence-corrected chi connectivity index (χ3v) is 4.60. The molecular formula is C20H22FN3O2. The highest BCUT2D eigenvalue weighted by molar-refractivity contribution is 5.95. The van der Waals surface area contributed by atoms with Crippen LogP contribution in [0.1, 0.15) is 59.4 Å². The number of pyridine rings is 1. The number of primary amides is 1. The third-order valence-electron chi connectivity index (χ3n) is 4.60. The maximum Gasteiger partial charge on any atom is 0.270 e. The normalized spacial score (nSPS) is 14.7. The average molecular weight is 355 g/mol. The van der Waals surface area contributed by atoms with E-state index in [1.54, 1.807) is 25.1 Å². The van der Waals surface area contributed by atoms with Crippen LogP contribution in [0, 0.1) is 5.82 Å². The van der Waals surface area contributed by atoms with E-state index in [2.05, 4.69) is 10.3 Å². The molecule has 3 rings (SSSR count). The Morgan fingerprint density at radius 3 is 2.50 bits per heavy atom. The number of carbonyl (C=O) groups is 2. The van der Waals surface area contributed by atoms with Gasteiger partial charge in [0.1, 0.15) is 17.6 Å². The Hall–Kier alpha value is -2.76. The number of nitrogens with zero attached hydrogens (tertiary/aromatic N) is 1. The number of carbonyl (C=O) groups excluding carboxylic acids is 2. The van der Waals surface area contributed by atoms with E-state index in [0.29, 0.717) is 18.8 Å². The highest BCUT2D eigenvalue weighted by Crippen LogP contribution is 2.41. The van der Waals surface area contributed by atoms with Crippen LogP contribution in [0.2, 0.25) is 0 Å². The zero-order valence-electron chi connectivity index (χ0n) is 14.7. The van der Waals surface area contributed by atoms with E-state index in [1.165, 1.54) is 12.1 Å². The van der Waals surface area contributed by atoms with Crippen molar-refractivity contribution in [3.8, 4) is 0 Å². The molecule has 1 aromatic carbocycles. The summed E-state index contributed by atoms with van der Waals surface area (Å²) < 4.78 is 13.1. The van der Waals surface area contributed by atoms with E-state index in [4.69, 9.17) is 5.73 Å². The van der Waals surface area contributed by atoms with Gasteiger partial charge in [0.25, 0.3) is 5.91 Å². The SMILES string of the molecule is CCC(NC(=O)c1ccc(C2CC2)c(Cc2ccc(F)cc2)n1)C(N)=O. The van der Waals surface area contributed by atoms with Crippen molar-refractivity contribution in [2.75, 3.05) is 0 Å². The number of aromatic nitrogens is 1. The number of nitrogens with two attached hydrogens (primary N) is 1. The first-order valence-electron chi connectivity index (χ1n) is 8.82. The van der Waals surface area contributed by atoms with E-state index in [0.717, 1.165) is 29.7 Å². The van der Waals surface area contributed by atoms with Crippen LogP contribution < -0.4 is 11.1 Å². The molecule has 0 saturated heterocycles. The Morgan fingerprint density at radius 1 is 1.23 bits per heavy atom. The Kier molecular flexibility index (Phi) is 5.30. The smallest absolute Gasteiger partial charge is 0.270 e. The summed E-state index contributed by atoms with van der Waals surface area (Å²) in [5.41, 5.74) is 8.42. The summed E-state index contributed by atoms with van der Waals surface area (Å²) in [5, 5.41) is 2.62. The lowest BCUT2D eigenvalue weighted by atomic mass is 10.0. The minimum absolute atomic E-state index is 0.256. The second kappa shape index (κ2) is 7.64. The maximum atomic E-state index is 13.1. The van der Waals surface area contributed by atoms with E-state index >= 15 is 0 Å². The van der Waals surface area contributed by atoms with E-state index in [1.807, 2.05) is 6.07 Å². The minimum atomic E-state index is -0.715. The zero-order chi connectivity index (χ0) is 18.7. The van der Waals surface area contributed by atoms with Crippen LogP contribution in [0.4, 0.5) is 4.39 Å². The van der Waals surface area contributed by atoms with Gasteiger partial charge in [-0.1, -0.05) is 25.1 Å². The molecule has 1 aliphatic carbocycles. The second-order valence-electron chi connectivity index (χ2n) is 6.65. The number of hydrogen-bond donors (Lipinski definition) is 2. The Labute approximate surface area is 151 Å². The van der Waals surface area contributed by atoms with Crippen molar-refractivity contribution < 1.29 is 14.0 Å². The van der Waals surface area contributed by atoms with Crippen LogP contribution in [0.25, 0.3) is 0 Å². The highest BCUT2D eigenvalue weighted by Gasteiger charge is 2.27. The van der Waals surface area contributed by atoms with Gasteiger partial charge in [0, 0.05) is 12.1 Å². The number of hydrogen-bond acceptors (Lipinski definition) is 3. The van der Waals surface area contributed by atoms with Gasteiger partial charge in [0.2, 0.25) is 5.91 Å². The van der Waals surface area contributed by atoms with Gasteiger partial charge in [-0.2, -0.15) is 0 Å². The van der Waals surface area contributed by atoms with E-state index in [9.17, 15) is 14.0 Å². The molecule has 2 aromatic rings. The molecule has 1 unspecified atom stereocenters. The predicted molar refractivity (Wildman–Crippen MR) is 96.2 cm³/mol. The fourth-order valence-electron chi connectivity index (χ4n) is 2.95. The summed E-state index contributed by atoms with van der Waals surface area (Å²) in [7, 11) is 0. The maximum absolute atomic E-state index is 13.1. The molecule has 26 heavy (non-hydrogen) atoms. The number of halogens is 1. The van der Waals surface area contributed by atoms with Crippen molar-refractivity contribution in [1.82, 2.24) is 10.3 Å². The number of nitrogens with one attached hydrogen (secondary N) is 1. The first-order valence-corrected chi connectivity index (χ1v) is 8.82. The topological polar surface area (TPSA) is 85.1 Å². The Balaban J connectivity index is 1.85. The van der Waals surface area contributed by atoms with Crippen molar-refractivity contribution in [2.24, 2.45) is 5.73 Å². The van der Waals surface area contributed by atoms with Crippen molar-refractivity contribution in [3.05, 3.63) is 64.7 Å². The van der Waals surface area contributed by atoms with Gasteiger partial charge in [-0.3, -0.25) is 9.59 Å². The molecule has 5 nitrogen and oxygen atoms in total. The summed E-state index contributed by atoms with van der Waals surface area (Å²) >= 11 is 0. The number of rotatable bonds is 7. The molecule has 136 valence electrons. The van der Waals surface area contributed by atoms with Crippen LogP contribution in [-0.4, -0.2) is 22.8 Å². The standard InChI is InChI=1S/C20H22FN3O2/c1-2-16(19(22)25)24-20(26)17-10-9-15(13-5-6-13)18(23-17)11-12-3-7-14(21)8-4-12/h3-4,7-10,13,16H,2,5-6,11H2,1H3,(H2,22,25)(H,24,26). The summed E-state index contributed by atoms with van der Waals surface area (Å²) in [5.74, 6) is -0.793.